The van der Waals surface area contributed by atoms with Gasteiger partial charge in [-0.1, -0.05) is 6.92 Å². The molecule has 0 radical (unpaired) electrons. The van der Waals surface area contributed by atoms with E-state index in [1.54, 1.807) is 12.1 Å². The predicted molar refractivity (Wildman–Crippen MR) is 91.2 cm³/mol. The Balaban J connectivity index is 1.88. The molecule has 0 bridgehead atoms. The van der Waals surface area contributed by atoms with Crippen molar-refractivity contribution < 1.29 is 13.2 Å². The summed E-state index contributed by atoms with van der Waals surface area (Å²) in [5.74, 6) is 0.604. The molecule has 0 N–H and O–H groups in total. The van der Waals surface area contributed by atoms with Crippen LogP contribution in [0.1, 0.15) is 42.6 Å². The summed E-state index contributed by atoms with van der Waals surface area (Å²) in [5, 5.41) is 0. The lowest BCUT2D eigenvalue weighted by molar-refractivity contribution is 0.0683. The second-order valence-corrected chi connectivity index (χ2v) is 8.81. The average molecular weight is 336 g/mol. The number of fused-ring (bicyclic) bond motifs is 1. The van der Waals surface area contributed by atoms with E-state index in [0.717, 1.165) is 25.1 Å². The summed E-state index contributed by atoms with van der Waals surface area (Å²) in [4.78, 5) is 14.6. The zero-order valence-corrected chi connectivity index (χ0v) is 14.8. The molecule has 1 fully saturated rings. The van der Waals surface area contributed by atoms with Gasteiger partial charge in [0.2, 0.25) is 10.0 Å². The quantitative estimate of drug-likeness (QED) is 0.832. The van der Waals surface area contributed by atoms with Crippen molar-refractivity contribution in [1.29, 1.82) is 0 Å². The number of benzene rings is 1. The van der Waals surface area contributed by atoms with Crippen LogP contribution in [0, 0.1) is 5.92 Å². The summed E-state index contributed by atoms with van der Waals surface area (Å²) in [6.07, 6.45) is 4.11. The highest BCUT2D eigenvalue weighted by Gasteiger charge is 2.33. The number of hydrogen-bond donors (Lipinski definition) is 0. The highest BCUT2D eigenvalue weighted by molar-refractivity contribution is 7.92. The van der Waals surface area contributed by atoms with Crippen LogP contribution in [0.3, 0.4) is 0 Å². The molecule has 5 nitrogen and oxygen atoms in total. The van der Waals surface area contributed by atoms with Crippen molar-refractivity contribution in [3.8, 4) is 0 Å². The lowest BCUT2D eigenvalue weighted by atomic mass is 9.99. The Morgan fingerprint density at radius 2 is 2.00 bits per heavy atom. The lowest BCUT2D eigenvalue weighted by Gasteiger charge is -2.31. The molecule has 2 heterocycles. The van der Waals surface area contributed by atoms with Crippen LogP contribution in [0.4, 0.5) is 5.69 Å². The predicted octanol–water partition coefficient (Wildman–Crippen LogP) is 2.27. The fourth-order valence-electron chi connectivity index (χ4n) is 3.80. The fourth-order valence-corrected chi connectivity index (χ4v) is 5.06. The summed E-state index contributed by atoms with van der Waals surface area (Å²) in [6, 6.07) is 5.32. The number of carbonyl (C=O) groups is 1. The van der Waals surface area contributed by atoms with Crippen LogP contribution < -0.4 is 4.31 Å². The molecule has 1 aromatic carbocycles. The minimum atomic E-state index is -3.29. The molecule has 2 atom stereocenters. The lowest BCUT2D eigenvalue weighted by Crippen LogP contribution is -2.39. The third kappa shape index (κ3) is 3.09. The third-order valence-corrected chi connectivity index (χ3v) is 6.05. The molecule has 1 amide bonds. The van der Waals surface area contributed by atoms with E-state index < -0.39 is 10.0 Å². The summed E-state index contributed by atoms with van der Waals surface area (Å²) in [6.45, 7) is 5.69. The number of carbonyl (C=O) groups excluding carboxylic acids is 1. The van der Waals surface area contributed by atoms with Gasteiger partial charge >= 0.3 is 0 Å². The Bertz CT molecular complexity index is 729. The first-order chi connectivity index (χ1) is 10.8. The van der Waals surface area contributed by atoms with Crippen LogP contribution in [-0.4, -0.2) is 44.6 Å². The van der Waals surface area contributed by atoms with E-state index in [4.69, 9.17) is 0 Å². The Morgan fingerprint density at radius 3 is 2.65 bits per heavy atom. The molecule has 0 aliphatic carbocycles. The molecular weight excluding hydrogens is 312 g/mol. The maximum atomic E-state index is 12.7. The van der Waals surface area contributed by atoms with Gasteiger partial charge in [-0.15, -0.1) is 0 Å². The van der Waals surface area contributed by atoms with Crippen LogP contribution in [0.15, 0.2) is 18.2 Å². The molecule has 2 aliphatic heterocycles. The zero-order chi connectivity index (χ0) is 16.8. The molecule has 23 heavy (non-hydrogen) atoms. The van der Waals surface area contributed by atoms with E-state index >= 15 is 0 Å². The average Bonchev–Trinajstić information content (AvgIpc) is 2.81. The molecular formula is C17H24N2O3S. The highest BCUT2D eigenvalue weighted by Crippen LogP contribution is 2.35. The molecule has 2 aliphatic rings. The van der Waals surface area contributed by atoms with Gasteiger partial charge in [-0.3, -0.25) is 9.10 Å². The van der Waals surface area contributed by atoms with Crippen molar-refractivity contribution in [3.63, 3.8) is 0 Å². The second-order valence-electron chi connectivity index (χ2n) is 6.95. The number of amides is 1. The van der Waals surface area contributed by atoms with Gasteiger partial charge in [-0.05, 0) is 55.9 Å². The normalized spacial score (nSPS) is 24.7. The summed E-state index contributed by atoms with van der Waals surface area (Å²) in [5.41, 5.74) is 2.32. The smallest absolute Gasteiger partial charge is 0.253 e. The summed E-state index contributed by atoms with van der Waals surface area (Å²) >= 11 is 0. The molecule has 0 saturated carbocycles. The molecule has 3 rings (SSSR count). The molecule has 1 aromatic rings. The summed E-state index contributed by atoms with van der Waals surface area (Å²) < 4.78 is 25.4. The van der Waals surface area contributed by atoms with Crippen molar-refractivity contribution >= 4 is 21.6 Å². The van der Waals surface area contributed by atoms with Crippen molar-refractivity contribution in [2.24, 2.45) is 5.92 Å². The first kappa shape index (κ1) is 16.3. The molecule has 0 aromatic heterocycles. The topological polar surface area (TPSA) is 57.7 Å². The van der Waals surface area contributed by atoms with Gasteiger partial charge in [0.05, 0.1) is 11.9 Å². The van der Waals surface area contributed by atoms with Crippen molar-refractivity contribution in [2.75, 3.05) is 23.7 Å². The van der Waals surface area contributed by atoms with Gasteiger partial charge in [0.25, 0.3) is 5.91 Å². The fraction of sp³-hybridized carbons (Fsp3) is 0.588. The van der Waals surface area contributed by atoms with E-state index in [-0.39, 0.29) is 11.9 Å². The molecule has 1 saturated heterocycles. The SMILES string of the molecule is CC1CCCN(C(=O)c2ccc3c(c2)CC(C)N3S(C)(=O)=O)C1. The minimum absolute atomic E-state index is 0.0600. The third-order valence-electron chi connectivity index (χ3n) is 4.78. The maximum Gasteiger partial charge on any atom is 0.253 e. The Labute approximate surface area is 138 Å². The minimum Gasteiger partial charge on any atom is -0.338 e. The van der Waals surface area contributed by atoms with E-state index in [1.807, 2.05) is 17.9 Å². The Hall–Kier alpha value is -1.56. The first-order valence-electron chi connectivity index (χ1n) is 8.19. The van der Waals surface area contributed by atoms with Gasteiger partial charge in [-0.25, -0.2) is 8.42 Å². The van der Waals surface area contributed by atoms with E-state index in [2.05, 4.69) is 6.92 Å². The van der Waals surface area contributed by atoms with Gasteiger partial charge in [0, 0.05) is 24.7 Å². The standard InChI is InChI=1S/C17H24N2O3S/c1-12-5-4-8-18(11-12)17(20)14-6-7-16-15(10-14)9-13(2)19(16)23(3,21)22/h6-7,10,12-13H,4-5,8-9,11H2,1-3H3. The van der Waals surface area contributed by atoms with E-state index in [0.29, 0.717) is 23.6 Å². The number of rotatable bonds is 2. The van der Waals surface area contributed by atoms with Gasteiger partial charge < -0.3 is 4.90 Å². The number of hydrogen-bond acceptors (Lipinski definition) is 3. The molecule has 126 valence electrons. The number of sulfonamides is 1. The van der Waals surface area contributed by atoms with Gasteiger partial charge in [0.15, 0.2) is 0 Å². The Kier molecular flexibility index (Phi) is 4.12. The van der Waals surface area contributed by atoms with Crippen LogP contribution in [0.25, 0.3) is 0 Å². The van der Waals surface area contributed by atoms with Crippen LogP contribution in [0.2, 0.25) is 0 Å². The van der Waals surface area contributed by atoms with Crippen LogP contribution in [-0.2, 0) is 16.4 Å². The number of nitrogens with zero attached hydrogens (tertiary/aromatic N) is 2. The zero-order valence-electron chi connectivity index (χ0n) is 13.9. The highest BCUT2D eigenvalue weighted by atomic mass is 32.2. The van der Waals surface area contributed by atoms with Gasteiger partial charge in [-0.2, -0.15) is 0 Å². The largest absolute Gasteiger partial charge is 0.338 e. The molecule has 2 unspecified atom stereocenters. The van der Waals surface area contributed by atoms with Gasteiger partial charge in [0.1, 0.15) is 0 Å². The van der Waals surface area contributed by atoms with Crippen molar-refractivity contribution in [3.05, 3.63) is 29.3 Å². The summed E-state index contributed by atoms with van der Waals surface area (Å²) in [7, 11) is -3.29. The van der Waals surface area contributed by atoms with Crippen LogP contribution >= 0.6 is 0 Å². The second kappa shape index (κ2) is 5.82. The monoisotopic (exact) mass is 336 g/mol. The molecule has 6 heteroatoms. The Morgan fingerprint density at radius 1 is 1.26 bits per heavy atom. The van der Waals surface area contributed by atoms with Crippen LogP contribution in [0.5, 0.6) is 0 Å². The van der Waals surface area contributed by atoms with E-state index in [1.165, 1.54) is 17.0 Å². The maximum absolute atomic E-state index is 12.7. The number of anilines is 1. The number of likely N-dealkylation sites (tertiary alicyclic amines) is 1. The van der Waals surface area contributed by atoms with Crippen molar-refractivity contribution in [2.45, 2.75) is 39.2 Å². The molecule has 0 spiro atoms. The van der Waals surface area contributed by atoms with Crippen molar-refractivity contribution in [1.82, 2.24) is 4.90 Å². The number of piperidine rings is 1. The first-order valence-corrected chi connectivity index (χ1v) is 10.0. The van der Waals surface area contributed by atoms with E-state index in [9.17, 15) is 13.2 Å².